The van der Waals surface area contributed by atoms with Crippen LogP contribution < -0.4 is 10.6 Å². The monoisotopic (exact) mass is 271 g/mol. The van der Waals surface area contributed by atoms with Crippen molar-refractivity contribution >= 4 is 11.6 Å². The van der Waals surface area contributed by atoms with Gasteiger partial charge in [-0.2, -0.15) is 0 Å². The SMILES string of the molecule is O=C(NCCO)c1ccc(NCc2ccccn2)cc1. The molecule has 1 amide bonds. The number of carbonyl (C=O) groups excluding carboxylic acids is 1. The second-order valence-electron chi connectivity index (χ2n) is 4.23. The van der Waals surface area contributed by atoms with Gasteiger partial charge in [0.1, 0.15) is 0 Å². The third-order valence-electron chi connectivity index (χ3n) is 2.74. The molecule has 1 heterocycles. The molecule has 0 aliphatic rings. The van der Waals surface area contributed by atoms with Crippen molar-refractivity contribution in [3.63, 3.8) is 0 Å². The Labute approximate surface area is 117 Å². The maximum Gasteiger partial charge on any atom is 0.251 e. The number of nitrogens with one attached hydrogen (secondary N) is 2. The second-order valence-corrected chi connectivity index (χ2v) is 4.23. The lowest BCUT2D eigenvalue weighted by Gasteiger charge is -2.07. The van der Waals surface area contributed by atoms with E-state index in [-0.39, 0.29) is 19.1 Å². The molecular weight excluding hydrogens is 254 g/mol. The standard InChI is InChI=1S/C15H17N3O2/c19-10-9-17-15(20)12-4-6-13(7-5-12)18-11-14-3-1-2-8-16-14/h1-8,18-19H,9-11H2,(H,17,20). The number of benzene rings is 1. The number of anilines is 1. The highest BCUT2D eigenvalue weighted by Crippen LogP contribution is 2.10. The predicted molar refractivity (Wildman–Crippen MR) is 77.4 cm³/mol. The van der Waals surface area contributed by atoms with Crippen molar-refractivity contribution in [3.8, 4) is 0 Å². The Morgan fingerprint density at radius 3 is 2.60 bits per heavy atom. The van der Waals surface area contributed by atoms with E-state index in [1.807, 2.05) is 30.3 Å². The molecular formula is C15H17N3O2. The number of rotatable bonds is 6. The maximum atomic E-state index is 11.6. The van der Waals surface area contributed by atoms with E-state index in [2.05, 4.69) is 15.6 Å². The fourth-order valence-electron chi connectivity index (χ4n) is 1.71. The van der Waals surface area contributed by atoms with Crippen LogP contribution in [0.25, 0.3) is 0 Å². The Hall–Kier alpha value is -2.40. The summed E-state index contributed by atoms with van der Waals surface area (Å²) in [5, 5.41) is 14.5. The number of aliphatic hydroxyl groups is 1. The number of hydrogen-bond donors (Lipinski definition) is 3. The molecule has 0 unspecified atom stereocenters. The molecule has 0 spiro atoms. The van der Waals surface area contributed by atoms with Gasteiger partial charge in [0.2, 0.25) is 0 Å². The molecule has 20 heavy (non-hydrogen) atoms. The Morgan fingerprint density at radius 2 is 1.95 bits per heavy atom. The highest BCUT2D eigenvalue weighted by atomic mass is 16.3. The van der Waals surface area contributed by atoms with Gasteiger partial charge in [0.15, 0.2) is 0 Å². The molecule has 2 aromatic rings. The molecule has 0 fully saturated rings. The first-order valence-corrected chi connectivity index (χ1v) is 6.42. The summed E-state index contributed by atoms with van der Waals surface area (Å²) in [7, 11) is 0. The van der Waals surface area contributed by atoms with Gasteiger partial charge in [0.25, 0.3) is 5.91 Å². The van der Waals surface area contributed by atoms with Gasteiger partial charge in [-0.05, 0) is 36.4 Å². The lowest BCUT2D eigenvalue weighted by molar-refractivity contribution is 0.0945. The minimum atomic E-state index is -0.185. The van der Waals surface area contributed by atoms with Crippen LogP contribution in [-0.2, 0) is 6.54 Å². The molecule has 2 rings (SSSR count). The van der Waals surface area contributed by atoms with Crippen LogP contribution in [-0.4, -0.2) is 29.1 Å². The quantitative estimate of drug-likeness (QED) is 0.743. The van der Waals surface area contributed by atoms with Crippen molar-refractivity contribution < 1.29 is 9.90 Å². The Kier molecular flexibility index (Phi) is 5.08. The highest BCUT2D eigenvalue weighted by molar-refractivity contribution is 5.94. The smallest absolute Gasteiger partial charge is 0.251 e. The van der Waals surface area contributed by atoms with Crippen LogP contribution in [0.2, 0.25) is 0 Å². The molecule has 104 valence electrons. The Morgan fingerprint density at radius 1 is 1.15 bits per heavy atom. The van der Waals surface area contributed by atoms with Gasteiger partial charge in [-0.25, -0.2) is 0 Å². The van der Waals surface area contributed by atoms with E-state index >= 15 is 0 Å². The molecule has 0 bridgehead atoms. The van der Waals surface area contributed by atoms with Crippen molar-refractivity contribution in [1.82, 2.24) is 10.3 Å². The first kappa shape index (κ1) is 14.0. The highest BCUT2D eigenvalue weighted by Gasteiger charge is 2.04. The molecule has 0 saturated carbocycles. The minimum Gasteiger partial charge on any atom is -0.395 e. The third-order valence-corrected chi connectivity index (χ3v) is 2.74. The number of aliphatic hydroxyl groups excluding tert-OH is 1. The van der Waals surface area contributed by atoms with Crippen molar-refractivity contribution in [2.75, 3.05) is 18.5 Å². The zero-order valence-corrected chi connectivity index (χ0v) is 11.0. The van der Waals surface area contributed by atoms with Gasteiger partial charge in [-0.15, -0.1) is 0 Å². The predicted octanol–water partition coefficient (Wildman–Crippen LogP) is 1.42. The average molecular weight is 271 g/mol. The molecule has 1 aromatic heterocycles. The Balaban J connectivity index is 1.90. The van der Waals surface area contributed by atoms with Gasteiger partial charge < -0.3 is 15.7 Å². The summed E-state index contributed by atoms with van der Waals surface area (Å²) in [6.45, 7) is 0.838. The Bertz CT molecular complexity index is 541. The fraction of sp³-hybridized carbons (Fsp3) is 0.200. The van der Waals surface area contributed by atoms with Crippen molar-refractivity contribution in [2.45, 2.75) is 6.54 Å². The zero-order valence-electron chi connectivity index (χ0n) is 11.0. The molecule has 0 saturated heterocycles. The van der Waals surface area contributed by atoms with Gasteiger partial charge in [-0.3, -0.25) is 9.78 Å². The van der Waals surface area contributed by atoms with Crippen LogP contribution in [0.3, 0.4) is 0 Å². The summed E-state index contributed by atoms with van der Waals surface area (Å²) in [5.74, 6) is -0.185. The van der Waals surface area contributed by atoms with Gasteiger partial charge >= 0.3 is 0 Å². The molecule has 5 nitrogen and oxygen atoms in total. The molecule has 0 atom stereocenters. The van der Waals surface area contributed by atoms with Crippen LogP contribution in [0.1, 0.15) is 16.1 Å². The van der Waals surface area contributed by atoms with E-state index in [0.717, 1.165) is 11.4 Å². The lowest BCUT2D eigenvalue weighted by atomic mass is 10.2. The summed E-state index contributed by atoms with van der Waals surface area (Å²) < 4.78 is 0. The minimum absolute atomic E-state index is 0.0601. The van der Waals surface area contributed by atoms with E-state index in [1.165, 1.54) is 0 Å². The summed E-state index contributed by atoms with van der Waals surface area (Å²) >= 11 is 0. The summed E-state index contributed by atoms with van der Waals surface area (Å²) in [6, 6.07) is 12.9. The number of nitrogens with zero attached hydrogens (tertiary/aromatic N) is 1. The van der Waals surface area contributed by atoms with Gasteiger partial charge in [-0.1, -0.05) is 6.07 Å². The summed E-state index contributed by atoms with van der Waals surface area (Å²) in [4.78, 5) is 15.9. The van der Waals surface area contributed by atoms with Crippen LogP contribution in [0.15, 0.2) is 48.7 Å². The van der Waals surface area contributed by atoms with Crippen molar-refractivity contribution in [2.24, 2.45) is 0 Å². The lowest BCUT2D eigenvalue weighted by Crippen LogP contribution is -2.26. The third kappa shape index (κ3) is 4.07. The van der Waals surface area contributed by atoms with E-state index in [0.29, 0.717) is 12.1 Å². The fourth-order valence-corrected chi connectivity index (χ4v) is 1.71. The summed E-state index contributed by atoms with van der Waals surface area (Å²) in [5.41, 5.74) is 2.45. The van der Waals surface area contributed by atoms with Crippen molar-refractivity contribution in [1.29, 1.82) is 0 Å². The second kappa shape index (κ2) is 7.25. The number of pyridine rings is 1. The largest absolute Gasteiger partial charge is 0.395 e. The zero-order chi connectivity index (χ0) is 14.2. The van der Waals surface area contributed by atoms with E-state index in [1.54, 1.807) is 18.3 Å². The molecule has 5 heteroatoms. The number of hydrogen-bond acceptors (Lipinski definition) is 4. The molecule has 0 aliphatic carbocycles. The average Bonchev–Trinajstić information content (AvgIpc) is 2.52. The van der Waals surface area contributed by atoms with Crippen molar-refractivity contribution in [3.05, 3.63) is 59.9 Å². The van der Waals surface area contributed by atoms with Crippen LogP contribution in [0.4, 0.5) is 5.69 Å². The molecule has 0 aliphatic heterocycles. The maximum absolute atomic E-state index is 11.6. The van der Waals surface area contributed by atoms with Crippen LogP contribution in [0, 0.1) is 0 Å². The normalized spacial score (nSPS) is 10.1. The molecule has 3 N–H and O–H groups in total. The van der Waals surface area contributed by atoms with Crippen LogP contribution >= 0.6 is 0 Å². The first-order valence-electron chi connectivity index (χ1n) is 6.42. The van der Waals surface area contributed by atoms with E-state index in [4.69, 9.17) is 5.11 Å². The molecule has 1 aromatic carbocycles. The number of carbonyl (C=O) groups is 1. The van der Waals surface area contributed by atoms with Gasteiger partial charge in [0.05, 0.1) is 18.8 Å². The van der Waals surface area contributed by atoms with E-state index in [9.17, 15) is 4.79 Å². The summed E-state index contributed by atoms with van der Waals surface area (Å²) in [6.07, 6.45) is 1.76. The van der Waals surface area contributed by atoms with Gasteiger partial charge in [0, 0.05) is 24.0 Å². The topological polar surface area (TPSA) is 74.2 Å². The van der Waals surface area contributed by atoms with E-state index < -0.39 is 0 Å². The first-order chi connectivity index (χ1) is 9.79. The molecule has 0 radical (unpaired) electrons. The number of aromatic nitrogens is 1. The van der Waals surface area contributed by atoms with Crippen LogP contribution in [0.5, 0.6) is 0 Å². The number of amides is 1.